The molecule has 0 unspecified atom stereocenters. The number of carbonyl (C=O) groups is 1. The third-order valence-electron chi connectivity index (χ3n) is 3.96. The Hall–Kier alpha value is -2.14. The molecule has 11 heteroatoms. The van der Waals surface area contributed by atoms with Crippen LogP contribution in [0.2, 0.25) is 5.02 Å². The summed E-state index contributed by atoms with van der Waals surface area (Å²) in [4.78, 5) is 12.6. The molecule has 3 rings (SSSR count). The number of rotatable bonds is 6. The van der Waals surface area contributed by atoms with E-state index in [0.717, 1.165) is 17.8 Å². The second-order valence-corrected chi connectivity index (χ2v) is 8.97. The van der Waals surface area contributed by atoms with Crippen LogP contribution in [0, 0.1) is 11.7 Å². The predicted molar refractivity (Wildman–Crippen MR) is 106 cm³/mol. The molecule has 1 heterocycles. The molecule has 148 valence electrons. The highest BCUT2D eigenvalue weighted by Crippen LogP contribution is 2.23. The van der Waals surface area contributed by atoms with Gasteiger partial charge >= 0.3 is 0 Å². The number of nitrogens with one attached hydrogen (secondary N) is 2. The molecule has 7 nitrogen and oxygen atoms in total. The molecule has 0 radical (unpaired) electrons. The molecule has 0 aliphatic heterocycles. The van der Waals surface area contributed by atoms with Crippen LogP contribution in [-0.2, 0) is 14.8 Å². The Bertz CT molecular complexity index is 1130. The van der Waals surface area contributed by atoms with Gasteiger partial charge in [0.15, 0.2) is 0 Å². The molecule has 1 aromatic heterocycles. The summed E-state index contributed by atoms with van der Waals surface area (Å²) in [5.41, 5.74) is 0.958. The summed E-state index contributed by atoms with van der Waals surface area (Å²) in [5.74, 6) is -1.57. The lowest BCUT2D eigenvalue weighted by Crippen LogP contribution is -2.47. The number of sulfonamides is 1. The van der Waals surface area contributed by atoms with Crippen LogP contribution in [0.25, 0.3) is 11.0 Å². The highest BCUT2D eigenvalue weighted by atomic mass is 35.5. The van der Waals surface area contributed by atoms with E-state index in [1.165, 1.54) is 18.2 Å². The summed E-state index contributed by atoms with van der Waals surface area (Å²) < 4.78 is 49.6. The van der Waals surface area contributed by atoms with E-state index in [-0.39, 0.29) is 27.0 Å². The van der Waals surface area contributed by atoms with E-state index in [9.17, 15) is 17.6 Å². The minimum Gasteiger partial charge on any atom is -0.325 e. The first-order chi connectivity index (χ1) is 13.2. The van der Waals surface area contributed by atoms with E-state index in [2.05, 4.69) is 18.8 Å². The van der Waals surface area contributed by atoms with Crippen molar-refractivity contribution in [2.75, 3.05) is 5.32 Å². The van der Waals surface area contributed by atoms with E-state index in [4.69, 9.17) is 11.6 Å². The van der Waals surface area contributed by atoms with Crippen molar-refractivity contribution in [3.8, 4) is 0 Å². The van der Waals surface area contributed by atoms with Gasteiger partial charge in [0, 0.05) is 5.69 Å². The molecule has 0 aliphatic carbocycles. The van der Waals surface area contributed by atoms with Crippen LogP contribution >= 0.6 is 23.3 Å². The number of benzene rings is 2. The molecule has 0 saturated carbocycles. The molecule has 1 amide bonds. The van der Waals surface area contributed by atoms with Crippen LogP contribution in [0.1, 0.15) is 13.8 Å². The fourth-order valence-electron chi connectivity index (χ4n) is 2.52. The van der Waals surface area contributed by atoms with Crippen molar-refractivity contribution in [3.63, 3.8) is 0 Å². The number of halogens is 2. The first-order valence-corrected chi connectivity index (χ1v) is 10.8. The molecular weight excluding hydrogens is 427 g/mol. The maximum absolute atomic E-state index is 13.3. The quantitative estimate of drug-likeness (QED) is 0.609. The number of fused-ring (bicyclic) bond motifs is 1. The summed E-state index contributed by atoms with van der Waals surface area (Å²) >= 11 is 6.63. The summed E-state index contributed by atoms with van der Waals surface area (Å²) in [6.07, 6.45) is 0. The van der Waals surface area contributed by atoms with Crippen LogP contribution in [0.3, 0.4) is 0 Å². The Morgan fingerprint density at radius 3 is 2.64 bits per heavy atom. The second-order valence-electron chi connectivity index (χ2n) is 6.35. The zero-order chi connectivity index (χ0) is 20.5. The third kappa shape index (κ3) is 4.30. The lowest BCUT2D eigenvalue weighted by Gasteiger charge is -2.21. The fourth-order valence-corrected chi connectivity index (χ4v) is 4.81. The van der Waals surface area contributed by atoms with Gasteiger partial charge < -0.3 is 5.32 Å². The number of hydrogen-bond donors (Lipinski definition) is 2. The smallest absolute Gasteiger partial charge is 0.243 e. The maximum Gasteiger partial charge on any atom is 0.243 e. The van der Waals surface area contributed by atoms with Crippen LogP contribution in [0.15, 0.2) is 41.3 Å². The fraction of sp³-hybridized carbons (Fsp3) is 0.235. The Morgan fingerprint density at radius 1 is 1.21 bits per heavy atom. The van der Waals surface area contributed by atoms with Gasteiger partial charge in [0.05, 0.1) is 16.8 Å². The van der Waals surface area contributed by atoms with Crippen molar-refractivity contribution < 1.29 is 17.6 Å². The van der Waals surface area contributed by atoms with Gasteiger partial charge in [-0.2, -0.15) is 13.5 Å². The van der Waals surface area contributed by atoms with Crippen LogP contribution in [0.5, 0.6) is 0 Å². The topological polar surface area (TPSA) is 101 Å². The molecule has 0 fully saturated rings. The Morgan fingerprint density at radius 2 is 1.96 bits per heavy atom. The summed E-state index contributed by atoms with van der Waals surface area (Å²) in [6, 6.07) is 7.25. The lowest BCUT2D eigenvalue weighted by molar-refractivity contribution is -0.118. The molecule has 0 saturated heterocycles. The van der Waals surface area contributed by atoms with Crippen molar-refractivity contribution in [3.05, 3.63) is 47.2 Å². The molecule has 2 aromatic carbocycles. The maximum atomic E-state index is 13.3. The Balaban J connectivity index is 1.86. The molecule has 28 heavy (non-hydrogen) atoms. The number of hydrogen-bond acceptors (Lipinski definition) is 6. The van der Waals surface area contributed by atoms with Gasteiger partial charge in [-0.3, -0.25) is 4.79 Å². The van der Waals surface area contributed by atoms with Crippen LogP contribution in [0.4, 0.5) is 10.1 Å². The Labute approximate surface area is 170 Å². The standard InChI is InChI=1S/C17H16ClFN4O3S2/c1-9(2)15(17(24)20-10-6-7-12(19)11(18)8-10)23-28(25,26)14-5-3-4-13-16(14)22-27-21-13/h3-9,15,23H,1-2H3,(H,20,24)/t15-/m1/s1. The Kier molecular flexibility index (Phi) is 5.94. The van der Waals surface area contributed by atoms with Crippen molar-refractivity contribution >= 4 is 56.0 Å². The second kappa shape index (κ2) is 8.08. The average molecular weight is 443 g/mol. The van der Waals surface area contributed by atoms with E-state index >= 15 is 0 Å². The number of carbonyl (C=O) groups excluding carboxylic acids is 1. The van der Waals surface area contributed by atoms with Crippen LogP contribution in [-0.4, -0.2) is 29.1 Å². The number of amides is 1. The van der Waals surface area contributed by atoms with Gasteiger partial charge in [-0.15, -0.1) is 0 Å². The largest absolute Gasteiger partial charge is 0.325 e. The summed E-state index contributed by atoms with van der Waals surface area (Å²) in [6.45, 7) is 3.41. The van der Waals surface area contributed by atoms with Crippen LogP contribution < -0.4 is 10.0 Å². The van der Waals surface area contributed by atoms with Gasteiger partial charge in [-0.1, -0.05) is 31.5 Å². The highest BCUT2D eigenvalue weighted by Gasteiger charge is 2.30. The highest BCUT2D eigenvalue weighted by molar-refractivity contribution is 7.89. The number of nitrogens with zero attached hydrogens (tertiary/aromatic N) is 2. The predicted octanol–water partition coefficient (Wildman–Crippen LogP) is 3.43. The summed E-state index contributed by atoms with van der Waals surface area (Å²) in [5, 5.41) is 2.40. The van der Waals surface area contributed by atoms with E-state index in [0.29, 0.717) is 5.52 Å². The van der Waals surface area contributed by atoms with Gasteiger partial charge in [0.1, 0.15) is 27.8 Å². The van der Waals surface area contributed by atoms with Gasteiger partial charge in [-0.05, 0) is 36.2 Å². The van der Waals surface area contributed by atoms with Gasteiger partial charge in [0.25, 0.3) is 0 Å². The molecule has 2 N–H and O–H groups in total. The number of anilines is 1. The number of aromatic nitrogens is 2. The minimum atomic E-state index is -4.05. The van der Waals surface area contributed by atoms with Crippen molar-refractivity contribution in [1.29, 1.82) is 0 Å². The van der Waals surface area contributed by atoms with E-state index in [1.54, 1.807) is 26.0 Å². The molecule has 0 spiro atoms. The van der Waals surface area contributed by atoms with Gasteiger partial charge in [0.2, 0.25) is 15.9 Å². The lowest BCUT2D eigenvalue weighted by atomic mass is 10.0. The summed E-state index contributed by atoms with van der Waals surface area (Å²) in [7, 11) is -4.05. The minimum absolute atomic E-state index is 0.0537. The third-order valence-corrected chi connectivity index (χ3v) is 6.26. The molecule has 0 aliphatic rings. The van der Waals surface area contributed by atoms with E-state index < -0.39 is 27.8 Å². The first kappa shape index (κ1) is 20.6. The zero-order valence-corrected chi connectivity index (χ0v) is 17.2. The SMILES string of the molecule is CC(C)[C@@H](NS(=O)(=O)c1cccc2nsnc12)C(=O)Nc1ccc(F)c(Cl)c1. The van der Waals surface area contributed by atoms with Crippen molar-refractivity contribution in [2.45, 2.75) is 24.8 Å². The molecule has 0 bridgehead atoms. The van der Waals surface area contributed by atoms with Crippen molar-refractivity contribution in [1.82, 2.24) is 13.5 Å². The average Bonchev–Trinajstić information content (AvgIpc) is 3.11. The van der Waals surface area contributed by atoms with Gasteiger partial charge in [-0.25, -0.2) is 12.8 Å². The molecule has 1 atom stereocenters. The zero-order valence-electron chi connectivity index (χ0n) is 14.8. The molecular formula is C17H16ClFN4O3S2. The van der Waals surface area contributed by atoms with E-state index in [1.807, 2.05) is 0 Å². The monoisotopic (exact) mass is 442 g/mol. The first-order valence-electron chi connectivity index (χ1n) is 8.18. The normalized spacial score (nSPS) is 13.0. The van der Waals surface area contributed by atoms with Crippen molar-refractivity contribution in [2.24, 2.45) is 5.92 Å². The molecule has 3 aromatic rings.